The van der Waals surface area contributed by atoms with Crippen LogP contribution in [0.25, 0.3) is 0 Å². The Balaban J connectivity index is 1.57. The van der Waals surface area contributed by atoms with Crippen molar-refractivity contribution >= 4 is 5.91 Å². The minimum Gasteiger partial charge on any atom is -0.481 e. The van der Waals surface area contributed by atoms with Gasteiger partial charge in [-0.05, 0) is 25.0 Å². The average Bonchev–Trinajstić information content (AvgIpc) is 3.06. The number of piperidine rings is 1. The number of para-hydroxylation sites is 1. The molecule has 0 radical (unpaired) electrons. The standard InChI is InChI=1S/C16H19FN4O3/c17-13-4-1-2-5-14(13)24-10-15(22)20-8-3-6-16(23,11-20)12-21-9-7-18-19-21/h1-2,4-5,7,9,23H,3,6,8,10-12H2. The maximum atomic E-state index is 13.5. The van der Waals surface area contributed by atoms with Crippen molar-refractivity contribution in [2.75, 3.05) is 19.7 Å². The molecule has 2 aromatic rings. The van der Waals surface area contributed by atoms with Crippen LogP contribution in [0, 0.1) is 5.82 Å². The second kappa shape index (κ2) is 6.96. The second-order valence-electron chi connectivity index (χ2n) is 5.96. The number of hydrogen-bond acceptors (Lipinski definition) is 5. The van der Waals surface area contributed by atoms with E-state index in [1.54, 1.807) is 27.9 Å². The minimum atomic E-state index is -1.06. The second-order valence-corrected chi connectivity index (χ2v) is 5.96. The zero-order valence-electron chi connectivity index (χ0n) is 13.1. The fraction of sp³-hybridized carbons (Fsp3) is 0.438. The Morgan fingerprint density at radius 2 is 2.25 bits per heavy atom. The third kappa shape index (κ3) is 3.88. The molecule has 0 spiro atoms. The van der Waals surface area contributed by atoms with Crippen LogP contribution < -0.4 is 4.74 Å². The van der Waals surface area contributed by atoms with Crippen LogP contribution in [-0.2, 0) is 11.3 Å². The Morgan fingerprint density at radius 3 is 3.00 bits per heavy atom. The van der Waals surface area contributed by atoms with Crippen LogP contribution in [0.1, 0.15) is 12.8 Å². The first kappa shape index (κ1) is 16.4. The summed E-state index contributed by atoms with van der Waals surface area (Å²) in [7, 11) is 0. The first-order chi connectivity index (χ1) is 11.6. The van der Waals surface area contributed by atoms with E-state index in [1.807, 2.05) is 0 Å². The minimum absolute atomic E-state index is 0.0423. The van der Waals surface area contributed by atoms with Crippen molar-refractivity contribution in [3.63, 3.8) is 0 Å². The molecule has 0 aliphatic carbocycles. The summed E-state index contributed by atoms with van der Waals surface area (Å²) in [6.07, 6.45) is 4.46. The van der Waals surface area contributed by atoms with Gasteiger partial charge < -0.3 is 14.7 Å². The molecule has 8 heteroatoms. The number of halogens is 1. The lowest BCUT2D eigenvalue weighted by molar-refractivity contribution is -0.141. The molecule has 24 heavy (non-hydrogen) atoms. The monoisotopic (exact) mass is 334 g/mol. The van der Waals surface area contributed by atoms with Crippen molar-refractivity contribution in [1.29, 1.82) is 0 Å². The van der Waals surface area contributed by atoms with Crippen LogP contribution in [-0.4, -0.2) is 56.2 Å². The van der Waals surface area contributed by atoms with Gasteiger partial charge in [0.15, 0.2) is 18.2 Å². The molecule has 2 heterocycles. The van der Waals surface area contributed by atoms with Gasteiger partial charge in [-0.15, -0.1) is 5.10 Å². The van der Waals surface area contributed by atoms with E-state index in [9.17, 15) is 14.3 Å². The Hall–Kier alpha value is -2.48. The summed E-state index contributed by atoms with van der Waals surface area (Å²) in [5, 5.41) is 18.3. The van der Waals surface area contributed by atoms with Gasteiger partial charge in [0.25, 0.3) is 5.91 Å². The van der Waals surface area contributed by atoms with E-state index in [2.05, 4.69) is 10.3 Å². The van der Waals surface area contributed by atoms with Gasteiger partial charge >= 0.3 is 0 Å². The molecule has 1 fully saturated rings. The number of aromatic nitrogens is 3. The topological polar surface area (TPSA) is 80.5 Å². The lowest BCUT2D eigenvalue weighted by Crippen LogP contribution is -2.53. The van der Waals surface area contributed by atoms with Gasteiger partial charge in [-0.2, -0.15) is 0 Å². The molecule has 1 aliphatic heterocycles. The molecule has 1 N–H and O–H groups in total. The Labute approximate surface area is 138 Å². The van der Waals surface area contributed by atoms with Crippen LogP contribution in [0.4, 0.5) is 4.39 Å². The predicted octanol–water partition coefficient (Wildman–Crippen LogP) is 0.850. The van der Waals surface area contributed by atoms with Crippen molar-refractivity contribution in [1.82, 2.24) is 19.9 Å². The smallest absolute Gasteiger partial charge is 0.260 e. The van der Waals surface area contributed by atoms with Crippen LogP contribution in [0.15, 0.2) is 36.7 Å². The molecule has 0 bridgehead atoms. The summed E-state index contributed by atoms with van der Waals surface area (Å²) in [6, 6.07) is 5.94. The molecule has 128 valence electrons. The molecule has 3 rings (SSSR count). The van der Waals surface area contributed by atoms with E-state index < -0.39 is 11.4 Å². The number of rotatable bonds is 5. The Morgan fingerprint density at radius 1 is 1.42 bits per heavy atom. The van der Waals surface area contributed by atoms with E-state index >= 15 is 0 Å². The molecule has 0 saturated carbocycles. The van der Waals surface area contributed by atoms with Gasteiger partial charge in [-0.1, -0.05) is 17.3 Å². The molecular weight excluding hydrogens is 315 g/mol. The van der Waals surface area contributed by atoms with Crippen molar-refractivity contribution < 1.29 is 19.0 Å². The summed E-state index contributed by atoms with van der Waals surface area (Å²) < 4.78 is 20.3. The molecule has 1 aromatic carbocycles. The molecule has 1 unspecified atom stereocenters. The summed E-state index contributed by atoms with van der Waals surface area (Å²) in [5.41, 5.74) is -1.06. The van der Waals surface area contributed by atoms with Crippen LogP contribution >= 0.6 is 0 Å². The first-order valence-corrected chi connectivity index (χ1v) is 7.77. The van der Waals surface area contributed by atoms with Crippen molar-refractivity contribution in [2.24, 2.45) is 0 Å². The number of carbonyl (C=O) groups excluding carboxylic acids is 1. The SMILES string of the molecule is O=C(COc1ccccc1F)N1CCCC(O)(Cn2ccnn2)C1. The van der Waals surface area contributed by atoms with E-state index in [0.29, 0.717) is 19.4 Å². The Kier molecular flexibility index (Phi) is 4.75. The summed E-state index contributed by atoms with van der Waals surface area (Å²) in [6.45, 7) is 0.733. The summed E-state index contributed by atoms with van der Waals surface area (Å²) >= 11 is 0. The fourth-order valence-corrected chi connectivity index (χ4v) is 2.87. The molecule has 7 nitrogen and oxygen atoms in total. The highest BCUT2D eigenvalue weighted by molar-refractivity contribution is 5.78. The van der Waals surface area contributed by atoms with E-state index in [-0.39, 0.29) is 31.4 Å². The fourth-order valence-electron chi connectivity index (χ4n) is 2.87. The maximum Gasteiger partial charge on any atom is 0.260 e. The maximum absolute atomic E-state index is 13.5. The van der Waals surface area contributed by atoms with Crippen LogP contribution in [0.2, 0.25) is 0 Å². The lowest BCUT2D eigenvalue weighted by Gasteiger charge is -2.39. The number of carbonyl (C=O) groups is 1. The highest BCUT2D eigenvalue weighted by Gasteiger charge is 2.36. The van der Waals surface area contributed by atoms with Crippen LogP contribution in [0.5, 0.6) is 5.75 Å². The molecular formula is C16H19FN4O3. The Bertz CT molecular complexity index is 694. The normalized spacial score (nSPS) is 20.8. The quantitative estimate of drug-likeness (QED) is 0.877. The molecule has 1 aliphatic rings. The number of amides is 1. The van der Waals surface area contributed by atoms with Crippen molar-refractivity contribution in [2.45, 2.75) is 25.0 Å². The summed E-state index contributed by atoms with van der Waals surface area (Å²) in [5.74, 6) is -0.748. The third-order valence-corrected chi connectivity index (χ3v) is 4.02. The number of aliphatic hydroxyl groups is 1. The molecule has 1 atom stereocenters. The predicted molar refractivity (Wildman–Crippen MR) is 82.7 cm³/mol. The van der Waals surface area contributed by atoms with E-state index in [0.717, 1.165) is 0 Å². The van der Waals surface area contributed by atoms with Gasteiger partial charge in [0.05, 0.1) is 19.3 Å². The zero-order chi connectivity index (χ0) is 17.0. The number of hydrogen-bond donors (Lipinski definition) is 1. The summed E-state index contributed by atoms with van der Waals surface area (Å²) in [4.78, 5) is 13.8. The van der Waals surface area contributed by atoms with Gasteiger partial charge in [-0.25, -0.2) is 9.07 Å². The zero-order valence-corrected chi connectivity index (χ0v) is 13.1. The van der Waals surface area contributed by atoms with Gasteiger partial charge in [0.2, 0.25) is 0 Å². The molecule has 1 saturated heterocycles. The first-order valence-electron chi connectivity index (χ1n) is 7.77. The van der Waals surface area contributed by atoms with Crippen molar-refractivity contribution in [3.8, 4) is 5.75 Å². The van der Waals surface area contributed by atoms with Gasteiger partial charge in [-0.3, -0.25) is 4.79 Å². The van der Waals surface area contributed by atoms with Gasteiger partial charge in [0, 0.05) is 12.7 Å². The van der Waals surface area contributed by atoms with Gasteiger partial charge in [0.1, 0.15) is 5.60 Å². The average molecular weight is 334 g/mol. The number of benzene rings is 1. The largest absolute Gasteiger partial charge is 0.481 e. The number of likely N-dealkylation sites (tertiary alicyclic amines) is 1. The highest BCUT2D eigenvalue weighted by Crippen LogP contribution is 2.23. The number of ether oxygens (including phenoxy) is 1. The number of β-amino-alcohol motifs (C(OH)–C–C–N with tert-alkyl or cyclic N) is 1. The molecule has 1 amide bonds. The van der Waals surface area contributed by atoms with E-state index in [4.69, 9.17) is 4.74 Å². The van der Waals surface area contributed by atoms with E-state index in [1.165, 1.54) is 18.3 Å². The highest BCUT2D eigenvalue weighted by atomic mass is 19.1. The lowest BCUT2D eigenvalue weighted by atomic mass is 9.93. The third-order valence-electron chi connectivity index (χ3n) is 4.02. The molecule has 1 aromatic heterocycles. The van der Waals surface area contributed by atoms with Crippen molar-refractivity contribution in [3.05, 3.63) is 42.5 Å². The van der Waals surface area contributed by atoms with Crippen LogP contribution in [0.3, 0.4) is 0 Å². The number of nitrogens with zero attached hydrogens (tertiary/aromatic N) is 4.